The molecule has 0 fully saturated rings. The lowest BCUT2D eigenvalue weighted by Gasteiger charge is -2.18. The Balaban J connectivity index is 2.25. The maximum absolute atomic E-state index is 13.7. The number of aryl methyl sites for hydroxylation is 1. The van der Waals surface area contributed by atoms with Crippen LogP contribution in [-0.4, -0.2) is 7.05 Å². The van der Waals surface area contributed by atoms with Crippen molar-refractivity contribution in [1.29, 1.82) is 0 Å². The number of nitrogens with one attached hydrogen (secondary N) is 1. The highest BCUT2D eigenvalue weighted by Gasteiger charge is 2.13. The van der Waals surface area contributed by atoms with Gasteiger partial charge in [-0.1, -0.05) is 30.3 Å². The van der Waals surface area contributed by atoms with Crippen LogP contribution in [0.15, 0.2) is 42.5 Å². The van der Waals surface area contributed by atoms with Crippen molar-refractivity contribution in [3.63, 3.8) is 0 Å². The van der Waals surface area contributed by atoms with Gasteiger partial charge in [-0.15, -0.1) is 0 Å². The van der Waals surface area contributed by atoms with Crippen LogP contribution in [0.2, 0.25) is 0 Å². The molecular weight excluding hydrogens is 244 g/mol. The number of rotatable bonds is 4. The van der Waals surface area contributed by atoms with Gasteiger partial charge in [0.2, 0.25) is 0 Å². The first-order valence-electron chi connectivity index (χ1n) is 6.28. The van der Waals surface area contributed by atoms with E-state index in [2.05, 4.69) is 5.32 Å². The first kappa shape index (κ1) is 13.7. The van der Waals surface area contributed by atoms with Crippen LogP contribution in [0.25, 0.3) is 0 Å². The van der Waals surface area contributed by atoms with E-state index in [1.165, 1.54) is 12.1 Å². The summed E-state index contributed by atoms with van der Waals surface area (Å²) in [5, 5.41) is 3.15. The van der Waals surface area contributed by atoms with E-state index in [0.29, 0.717) is 17.5 Å². The van der Waals surface area contributed by atoms with Crippen molar-refractivity contribution in [2.45, 2.75) is 19.4 Å². The Bertz CT molecular complexity index is 566. The second-order valence-electron chi connectivity index (χ2n) is 4.65. The number of likely N-dealkylation sites (N-methyl/N-ethyl adjacent to an activating group) is 1. The summed E-state index contributed by atoms with van der Waals surface area (Å²) in [5.74, 6) is -0.425. The Morgan fingerprint density at radius 3 is 2.42 bits per heavy atom. The molecular formula is C16H17F2N. The molecule has 0 saturated heterocycles. The second kappa shape index (κ2) is 5.93. The average Bonchev–Trinajstić information content (AvgIpc) is 2.41. The molecule has 1 nitrogen and oxygen atoms in total. The Morgan fingerprint density at radius 1 is 1.05 bits per heavy atom. The first-order chi connectivity index (χ1) is 9.11. The lowest BCUT2D eigenvalue weighted by Crippen LogP contribution is -2.19. The van der Waals surface area contributed by atoms with Crippen molar-refractivity contribution in [3.05, 3.63) is 70.8 Å². The van der Waals surface area contributed by atoms with E-state index in [0.717, 1.165) is 5.56 Å². The normalized spacial score (nSPS) is 12.4. The van der Waals surface area contributed by atoms with Gasteiger partial charge in [0.05, 0.1) is 0 Å². The zero-order valence-electron chi connectivity index (χ0n) is 11.1. The fraction of sp³-hybridized carbons (Fsp3) is 0.250. The minimum absolute atomic E-state index is 0.0313. The molecule has 100 valence electrons. The molecule has 1 atom stereocenters. The molecule has 3 heteroatoms. The SMILES string of the molecule is CNC(Cc1ccccc1F)c1ccc(F)c(C)c1. The molecule has 1 unspecified atom stereocenters. The van der Waals surface area contributed by atoms with E-state index < -0.39 is 0 Å². The van der Waals surface area contributed by atoms with Gasteiger partial charge in [-0.2, -0.15) is 0 Å². The standard InChI is InChI=1S/C16H17F2N/c1-11-9-13(7-8-14(11)17)16(19-2)10-12-5-3-4-6-15(12)18/h3-9,16,19H,10H2,1-2H3. The van der Waals surface area contributed by atoms with Crippen molar-refractivity contribution >= 4 is 0 Å². The van der Waals surface area contributed by atoms with Crippen LogP contribution in [0.1, 0.15) is 22.7 Å². The van der Waals surface area contributed by atoms with Crippen molar-refractivity contribution in [3.8, 4) is 0 Å². The van der Waals surface area contributed by atoms with Crippen LogP contribution in [0.5, 0.6) is 0 Å². The third-order valence-corrected chi connectivity index (χ3v) is 3.31. The monoisotopic (exact) mass is 261 g/mol. The number of hydrogen-bond donors (Lipinski definition) is 1. The molecule has 0 saturated carbocycles. The highest BCUT2D eigenvalue weighted by Crippen LogP contribution is 2.21. The summed E-state index contributed by atoms with van der Waals surface area (Å²) in [6.45, 7) is 1.73. The van der Waals surface area contributed by atoms with Gasteiger partial charge in [0.25, 0.3) is 0 Å². The van der Waals surface area contributed by atoms with Crippen LogP contribution < -0.4 is 5.32 Å². The van der Waals surface area contributed by atoms with Crippen molar-refractivity contribution in [2.24, 2.45) is 0 Å². The molecule has 0 aliphatic carbocycles. The predicted octanol–water partition coefficient (Wildman–Crippen LogP) is 3.78. The van der Waals surface area contributed by atoms with Gasteiger partial charge < -0.3 is 5.32 Å². The summed E-state index contributed by atoms with van der Waals surface area (Å²) in [6, 6.07) is 11.7. The molecule has 0 aromatic heterocycles. The highest BCUT2D eigenvalue weighted by atomic mass is 19.1. The van der Waals surface area contributed by atoms with E-state index in [4.69, 9.17) is 0 Å². The number of halogens is 2. The lowest BCUT2D eigenvalue weighted by atomic mass is 9.97. The van der Waals surface area contributed by atoms with E-state index >= 15 is 0 Å². The number of hydrogen-bond acceptors (Lipinski definition) is 1. The summed E-state index contributed by atoms with van der Waals surface area (Å²) in [5.41, 5.74) is 2.22. The van der Waals surface area contributed by atoms with Crippen LogP contribution in [0.3, 0.4) is 0 Å². The van der Waals surface area contributed by atoms with Gasteiger partial charge in [0.15, 0.2) is 0 Å². The third-order valence-electron chi connectivity index (χ3n) is 3.31. The maximum atomic E-state index is 13.7. The quantitative estimate of drug-likeness (QED) is 0.883. The first-order valence-corrected chi connectivity index (χ1v) is 6.28. The molecule has 19 heavy (non-hydrogen) atoms. The third kappa shape index (κ3) is 3.18. The average molecular weight is 261 g/mol. The summed E-state index contributed by atoms with van der Waals surface area (Å²) in [7, 11) is 1.82. The van der Waals surface area contributed by atoms with E-state index in [-0.39, 0.29) is 17.7 Å². The summed E-state index contributed by atoms with van der Waals surface area (Å²) >= 11 is 0. The Labute approximate surface area is 112 Å². The Kier molecular flexibility index (Phi) is 4.27. The van der Waals surface area contributed by atoms with Crippen LogP contribution >= 0.6 is 0 Å². The molecule has 0 aliphatic rings. The van der Waals surface area contributed by atoms with Gasteiger partial charge in [0.1, 0.15) is 11.6 Å². The van der Waals surface area contributed by atoms with Crippen LogP contribution in [-0.2, 0) is 6.42 Å². The molecule has 0 spiro atoms. The zero-order chi connectivity index (χ0) is 13.8. The Morgan fingerprint density at radius 2 is 1.79 bits per heavy atom. The van der Waals surface area contributed by atoms with Crippen molar-refractivity contribution in [1.82, 2.24) is 5.32 Å². The smallest absolute Gasteiger partial charge is 0.126 e. The van der Waals surface area contributed by atoms with Gasteiger partial charge in [-0.25, -0.2) is 8.78 Å². The largest absolute Gasteiger partial charge is 0.313 e. The molecule has 2 rings (SSSR count). The van der Waals surface area contributed by atoms with Crippen molar-refractivity contribution < 1.29 is 8.78 Å². The second-order valence-corrected chi connectivity index (χ2v) is 4.65. The molecule has 0 radical (unpaired) electrons. The van der Waals surface area contributed by atoms with E-state index in [9.17, 15) is 8.78 Å². The van der Waals surface area contributed by atoms with Crippen LogP contribution in [0, 0.1) is 18.6 Å². The zero-order valence-corrected chi connectivity index (χ0v) is 11.1. The summed E-state index contributed by atoms with van der Waals surface area (Å²) < 4.78 is 26.9. The van der Waals surface area contributed by atoms with Gasteiger partial charge >= 0.3 is 0 Å². The van der Waals surface area contributed by atoms with E-state index in [1.807, 2.05) is 13.1 Å². The fourth-order valence-corrected chi connectivity index (χ4v) is 2.16. The molecule has 2 aromatic carbocycles. The minimum atomic E-state index is -0.218. The molecule has 0 heterocycles. The van der Waals surface area contributed by atoms with Gasteiger partial charge in [-0.05, 0) is 49.2 Å². The molecule has 0 bridgehead atoms. The van der Waals surface area contributed by atoms with Crippen LogP contribution in [0.4, 0.5) is 8.78 Å². The highest BCUT2D eigenvalue weighted by molar-refractivity contribution is 5.29. The Hall–Kier alpha value is -1.74. The topological polar surface area (TPSA) is 12.0 Å². The molecule has 0 aliphatic heterocycles. The minimum Gasteiger partial charge on any atom is -0.313 e. The summed E-state index contributed by atoms with van der Waals surface area (Å²) in [4.78, 5) is 0. The number of benzene rings is 2. The predicted molar refractivity (Wildman–Crippen MR) is 73.0 cm³/mol. The summed E-state index contributed by atoms with van der Waals surface area (Å²) in [6.07, 6.45) is 0.536. The lowest BCUT2D eigenvalue weighted by molar-refractivity contribution is 0.551. The molecule has 1 N–H and O–H groups in total. The maximum Gasteiger partial charge on any atom is 0.126 e. The van der Waals surface area contributed by atoms with Gasteiger partial charge in [0, 0.05) is 6.04 Å². The fourth-order valence-electron chi connectivity index (χ4n) is 2.16. The van der Waals surface area contributed by atoms with E-state index in [1.54, 1.807) is 31.2 Å². The van der Waals surface area contributed by atoms with Gasteiger partial charge in [-0.3, -0.25) is 0 Å². The van der Waals surface area contributed by atoms with Crippen molar-refractivity contribution in [2.75, 3.05) is 7.05 Å². The molecule has 2 aromatic rings. The molecule has 0 amide bonds.